The molecular weight excluding hydrogens is 518 g/mol. The first-order valence-corrected chi connectivity index (χ1v) is 13.3. The summed E-state index contributed by atoms with van der Waals surface area (Å²) in [7, 11) is 0. The molecule has 0 aliphatic carbocycles. The normalized spacial score (nSPS) is 12.4. The Labute approximate surface area is 241 Å². The number of terminal acetylenes is 1. The smallest absolute Gasteiger partial charge is 0.408 e. The van der Waals surface area contributed by atoms with E-state index in [1.807, 2.05) is 62.4 Å². The fraction of sp³-hybridized carbons (Fsp3) is 0.303. The number of amides is 3. The van der Waals surface area contributed by atoms with Crippen molar-refractivity contribution in [3.63, 3.8) is 0 Å². The van der Waals surface area contributed by atoms with E-state index in [-0.39, 0.29) is 17.7 Å². The van der Waals surface area contributed by atoms with Crippen LogP contribution in [-0.4, -0.2) is 39.6 Å². The Morgan fingerprint density at radius 3 is 2.10 bits per heavy atom. The van der Waals surface area contributed by atoms with Gasteiger partial charge in [0.15, 0.2) is 6.04 Å². The second kappa shape index (κ2) is 13.1. The summed E-state index contributed by atoms with van der Waals surface area (Å²) in [5, 5.41) is 16.5. The Hall–Kier alpha value is -4.77. The number of phenols is 1. The van der Waals surface area contributed by atoms with Crippen molar-refractivity contribution in [3.05, 3.63) is 94.5 Å². The largest absolute Gasteiger partial charge is 0.507 e. The molecule has 0 radical (unpaired) electrons. The van der Waals surface area contributed by atoms with Gasteiger partial charge in [-0.05, 0) is 63.8 Å². The van der Waals surface area contributed by atoms with Crippen LogP contribution in [0.2, 0.25) is 0 Å². The summed E-state index contributed by atoms with van der Waals surface area (Å²) in [6, 6.07) is 19.3. The minimum atomic E-state index is -1.41. The molecule has 2 unspecified atom stereocenters. The fourth-order valence-corrected chi connectivity index (χ4v) is 4.44. The molecule has 0 aliphatic rings. The molecule has 0 aliphatic heterocycles. The molecule has 214 valence electrons. The summed E-state index contributed by atoms with van der Waals surface area (Å²) >= 11 is 0. The van der Waals surface area contributed by atoms with Crippen molar-refractivity contribution < 1.29 is 24.2 Å². The zero-order valence-electron chi connectivity index (χ0n) is 24.3. The maximum absolute atomic E-state index is 14.1. The molecule has 3 rings (SSSR count). The average molecular weight is 556 g/mol. The Morgan fingerprint density at radius 2 is 1.51 bits per heavy atom. The highest BCUT2D eigenvalue weighted by molar-refractivity contribution is 6.01. The maximum Gasteiger partial charge on any atom is 0.408 e. The lowest BCUT2D eigenvalue weighted by molar-refractivity contribution is -0.136. The van der Waals surface area contributed by atoms with Gasteiger partial charge >= 0.3 is 6.09 Å². The number of nitrogens with zero attached hydrogens (tertiary/aromatic N) is 1. The van der Waals surface area contributed by atoms with Crippen LogP contribution in [-0.2, 0) is 20.7 Å². The summed E-state index contributed by atoms with van der Waals surface area (Å²) in [5.41, 5.74) is 2.81. The van der Waals surface area contributed by atoms with Crippen molar-refractivity contribution in [2.24, 2.45) is 0 Å². The third-order valence-corrected chi connectivity index (χ3v) is 6.45. The fourth-order valence-electron chi connectivity index (χ4n) is 4.44. The third-order valence-electron chi connectivity index (χ3n) is 6.45. The van der Waals surface area contributed by atoms with Crippen LogP contribution in [0.5, 0.6) is 5.75 Å². The van der Waals surface area contributed by atoms with Gasteiger partial charge in [0, 0.05) is 23.7 Å². The van der Waals surface area contributed by atoms with Crippen LogP contribution >= 0.6 is 0 Å². The Kier molecular flexibility index (Phi) is 9.80. The number of aryl methyl sites for hydroxylation is 3. The Balaban J connectivity index is 2.08. The van der Waals surface area contributed by atoms with Crippen molar-refractivity contribution in [2.75, 3.05) is 5.32 Å². The van der Waals surface area contributed by atoms with Crippen molar-refractivity contribution in [1.29, 1.82) is 0 Å². The molecule has 2 atom stereocenters. The molecule has 0 bridgehead atoms. The monoisotopic (exact) mass is 555 g/mol. The molecule has 8 heteroatoms. The number of rotatable bonds is 8. The van der Waals surface area contributed by atoms with Crippen molar-refractivity contribution in [1.82, 2.24) is 10.2 Å². The van der Waals surface area contributed by atoms with E-state index in [0.717, 1.165) is 21.6 Å². The molecule has 3 N–H and O–H groups in total. The molecule has 0 saturated heterocycles. The molecule has 3 aromatic carbocycles. The minimum absolute atomic E-state index is 0.0855. The van der Waals surface area contributed by atoms with Gasteiger partial charge in [-0.25, -0.2) is 4.79 Å². The molecular formula is C33H37N3O5. The summed E-state index contributed by atoms with van der Waals surface area (Å²) in [4.78, 5) is 41.8. The lowest BCUT2D eigenvalue weighted by Gasteiger charge is -2.31. The molecule has 0 fully saturated rings. The molecule has 3 amide bonds. The van der Waals surface area contributed by atoms with Gasteiger partial charge in [-0.3, -0.25) is 14.5 Å². The van der Waals surface area contributed by atoms with Gasteiger partial charge in [0.1, 0.15) is 17.4 Å². The maximum atomic E-state index is 14.1. The highest BCUT2D eigenvalue weighted by Gasteiger charge is 2.37. The standard InChI is InChI=1S/C33H37N3O5/c1-8-36(31(39)26(20-24-17-10-9-11-18-24)34-32(40)41-33(5,6)7)28(25-19-13-16-23(4)29(25)37)30(38)35-27-21(2)14-12-15-22(27)3/h1,9-19,26,28,37H,20H2,2-7H3,(H,34,40)(H,35,38). The average Bonchev–Trinajstić information content (AvgIpc) is 2.90. The summed E-state index contributed by atoms with van der Waals surface area (Å²) in [6.07, 6.45) is 5.18. The number of hydrogen-bond acceptors (Lipinski definition) is 5. The molecule has 0 spiro atoms. The lowest BCUT2D eigenvalue weighted by atomic mass is 9.98. The molecule has 3 aromatic rings. The topological polar surface area (TPSA) is 108 Å². The van der Waals surface area contributed by atoms with E-state index < -0.39 is 35.6 Å². The molecule has 0 heterocycles. The number of aromatic hydroxyl groups is 1. The summed E-state index contributed by atoms with van der Waals surface area (Å²) in [5.74, 6) is -1.50. The number of para-hydroxylation sites is 2. The van der Waals surface area contributed by atoms with Crippen molar-refractivity contribution >= 4 is 23.6 Å². The van der Waals surface area contributed by atoms with E-state index in [9.17, 15) is 19.5 Å². The number of ether oxygens (including phenoxy) is 1. The van der Waals surface area contributed by atoms with E-state index in [4.69, 9.17) is 11.2 Å². The number of hydrogen-bond donors (Lipinski definition) is 3. The quantitative estimate of drug-likeness (QED) is 0.249. The number of benzene rings is 3. The number of carbonyl (C=O) groups is 3. The highest BCUT2D eigenvalue weighted by atomic mass is 16.6. The van der Waals surface area contributed by atoms with E-state index in [0.29, 0.717) is 11.3 Å². The first-order valence-electron chi connectivity index (χ1n) is 13.3. The van der Waals surface area contributed by atoms with Gasteiger partial charge in [-0.15, -0.1) is 0 Å². The molecule has 0 saturated carbocycles. The highest BCUT2D eigenvalue weighted by Crippen LogP contribution is 2.33. The zero-order valence-corrected chi connectivity index (χ0v) is 24.3. The molecule has 0 aromatic heterocycles. The van der Waals surface area contributed by atoms with E-state index in [1.165, 1.54) is 0 Å². The number of nitrogens with one attached hydrogen (secondary N) is 2. The van der Waals surface area contributed by atoms with Gasteiger partial charge in [0.05, 0.1) is 0 Å². The van der Waals surface area contributed by atoms with Crippen LogP contribution in [0.1, 0.15) is 54.6 Å². The lowest BCUT2D eigenvalue weighted by Crippen LogP contribution is -2.51. The third kappa shape index (κ3) is 7.89. The van der Waals surface area contributed by atoms with Gasteiger partial charge in [0.2, 0.25) is 0 Å². The SMILES string of the molecule is C#CN(C(=O)C(Cc1ccccc1)NC(=O)OC(C)(C)C)C(C(=O)Nc1c(C)cccc1C)c1cccc(C)c1O. The second-order valence-corrected chi connectivity index (χ2v) is 10.9. The van der Waals surface area contributed by atoms with E-state index in [1.54, 1.807) is 45.9 Å². The van der Waals surface area contributed by atoms with Gasteiger partial charge in [0.25, 0.3) is 11.8 Å². The predicted molar refractivity (Wildman–Crippen MR) is 159 cm³/mol. The molecule has 41 heavy (non-hydrogen) atoms. The first-order chi connectivity index (χ1) is 19.3. The van der Waals surface area contributed by atoms with Crippen LogP contribution in [0, 0.1) is 33.2 Å². The van der Waals surface area contributed by atoms with Crippen molar-refractivity contribution in [3.8, 4) is 18.2 Å². The van der Waals surface area contributed by atoms with Crippen LogP contribution in [0.15, 0.2) is 66.7 Å². The summed E-state index contributed by atoms with van der Waals surface area (Å²) in [6.45, 7) is 10.5. The first kappa shape index (κ1) is 30.8. The minimum Gasteiger partial charge on any atom is -0.507 e. The zero-order chi connectivity index (χ0) is 30.3. The van der Waals surface area contributed by atoms with Crippen LogP contribution < -0.4 is 10.6 Å². The van der Waals surface area contributed by atoms with Crippen LogP contribution in [0.4, 0.5) is 10.5 Å². The van der Waals surface area contributed by atoms with Gasteiger partial charge < -0.3 is 20.5 Å². The number of carbonyl (C=O) groups excluding carboxylic acids is 3. The van der Waals surface area contributed by atoms with Crippen LogP contribution in [0.3, 0.4) is 0 Å². The van der Waals surface area contributed by atoms with Crippen molar-refractivity contribution in [2.45, 2.75) is 65.6 Å². The summed E-state index contributed by atoms with van der Waals surface area (Å²) < 4.78 is 5.41. The van der Waals surface area contributed by atoms with E-state index >= 15 is 0 Å². The van der Waals surface area contributed by atoms with Gasteiger partial charge in [-0.2, -0.15) is 0 Å². The van der Waals surface area contributed by atoms with Crippen LogP contribution in [0.25, 0.3) is 0 Å². The second-order valence-electron chi connectivity index (χ2n) is 10.9. The Bertz CT molecular complexity index is 1430. The number of anilines is 1. The predicted octanol–water partition coefficient (Wildman–Crippen LogP) is 5.55. The van der Waals surface area contributed by atoms with Gasteiger partial charge in [-0.1, -0.05) is 73.2 Å². The Morgan fingerprint density at radius 1 is 0.927 bits per heavy atom. The number of alkyl carbamates (subject to hydrolysis) is 1. The van der Waals surface area contributed by atoms with E-state index in [2.05, 4.69) is 16.7 Å². The molecule has 8 nitrogen and oxygen atoms in total. The number of phenolic OH excluding ortho intramolecular Hbond substituents is 1.